The largest absolute Gasteiger partial charge is 0.494 e. The quantitative estimate of drug-likeness (QED) is 0.138. The van der Waals surface area contributed by atoms with E-state index in [9.17, 15) is 18.0 Å². The van der Waals surface area contributed by atoms with Crippen molar-refractivity contribution in [2.24, 2.45) is 0 Å². The minimum atomic E-state index is -4.53. The topological polar surface area (TPSA) is 32.8 Å². The van der Waals surface area contributed by atoms with Gasteiger partial charge in [-0.2, -0.15) is 13.2 Å². The van der Waals surface area contributed by atoms with E-state index in [0.29, 0.717) is 43.9 Å². The SMILES string of the molecule is O=C(Cc1cccc(OCCCN(Cc2cccc(C(F)(F)F)c2Cl)CC(c2ccccc2)c2ccccc2)c1)N1CCCC1. The molecule has 5 rings (SSSR count). The molecule has 1 amide bonds. The third-order valence-corrected chi connectivity index (χ3v) is 8.67. The number of nitrogens with zero attached hydrogens (tertiary/aromatic N) is 2. The van der Waals surface area contributed by atoms with Crippen LogP contribution < -0.4 is 4.74 Å². The monoisotopic (exact) mass is 634 g/mol. The standard InChI is InChI=1S/C37H38ClF3N2O2/c38-36-31(17-10-19-34(36)37(39,40)41)26-42(27-33(29-13-3-1-4-14-29)30-15-5-2-6-16-30)20-11-23-45-32-18-9-12-28(24-32)25-35(44)43-21-7-8-22-43/h1-6,9-10,12-19,24,33H,7-8,11,20-23,25-27H2. The number of hydrogen-bond acceptors (Lipinski definition) is 3. The molecule has 1 saturated heterocycles. The number of ether oxygens (including phenoxy) is 1. The third kappa shape index (κ3) is 9.12. The Morgan fingerprint density at radius 1 is 0.867 bits per heavy atom. The zero-order valence-corrected chi connectivity index (χ0v) is 25.9. The minimum Gasteiger partial charge on any atom is -0.494 e. The van der Waals surface area contributed by atoms with Crippen LogP contribution in [-0.2, 0) is 23.9 Å². The van der Waals surface area contributed by atoms with E-state index in [1.165, 1.54) is 6.07 Å². The van der Waals surface area contributed by atoms with Crippen LogP contribution in [0.4, 0.5) is 13.2 Å². The van der Waals surface area contributed by atoms with Gasteiger partial charge in [-0.1, -0.05) is 96.5 Å². The number of halogens is 4. The Hall–Kier alpha value is -3.81. The highest BCUT2D eigenvalue weighted by molar-refractivity contribution is 6.32. The van der Waals surface area contributed by atoms with Crippen molar-refractivity contribution >= 4 is 17.5 Å². The van der Waals surface area contributed by atoms with Crippen molar-refractivity contribution in [3.05, 3.63) is 136 Å². The van der Waals surface area contributed by atoms with E-state index in [0.717, 1.165) is 48.7 Å². The van der Waals surface area contributed by atoms with Crippen molar-refractivity contribution in [1.29, 1.82) is 0 Å². The lowest BCUT2D eigenvalue weighted by molar-refractivity contribution is -0.137. The van der Waals surface area contributed by atoms with E-state index in [2.05, 4.69) is 29.2 Å². The lowest BCUT2D eigenvalue weighted by Crippen LogP contribution is -2.31. The van der Waals surface area contributed by atoms with Gasteiger partial charge < -0.3 is 9.64 Å². The molecule has 45 heavy (non-hydrogen) atoms. The van der Waals surface area contributed by atoms with Gasteiger partial charge in [0, 0.05) is 38.6 Å². The molecule has 0 unspecified atom stereocenters. The molecule has 0 bridgehead atoms. The van der Waals surface area contributed by atoms with Crippen molar-refractivity contribution in [2.75, 3.05) is 32.8 Å². The van der Waals surface area contributed by atoms with Gasteiger partial charge in [-0.15, -0.1) is 0 Å². The second kappa shape index (κ2) is 15.5. The first-order valence-electron chi connectivity index (χ1n) is 15.4. The summed E-state index contributed by atoms with van der Waals surface area (Å²) in [5.74, 6) is 0.836. The number of carbonyl (C=O) groups is 1. The molecule has 1 aliphatic rings. The van der Waals surface area contributed by atoms with Crippen molar-refractivity contribution in [3.63, 3.8) is 0 Å². The van der Waals surface area contributed by atoms with Crippen LogP contribution in [0.25, 0.3) is 0 Å². The van der Waals surface area contributed by atoms with E-state index < -0.39 is 11.7 Å². The van der Waals surface area contributed by atoms with E-state index in [1.54, 1.807) is 6.07 Å². The molecule has 0 saturated carbocycles. The van der Waals surface area contributed by atoms with Crippen molar-refractivity contribution in [1.82, 2.24) is 9.80 Å². The summed E-state index contributed by atoms with van der Waals surface area (Å²) >= 11 is 6.34. The first-order valence-corrected chi connectivity index (χ1v) is 15.8. The van der Waals surface area contributed by atoms with Gasteiger partial charge in [-0.25, -0.2) is 0 Å². The Morgan fingerprint density at radius 3 is 2.16 bits per heavy atom. The van der Waals surface area contributed by atoms with Gasteiger partial charge in [0.2, 0.25) is 5.91 Å². The van der Waals surface area contributed by atoms with Gasteiger partial charge in [0.25, 0.3) is 0 Å². The fraction of sp³-hybridized carbons (Fsp3) is 0.324. The molecule has 4 nitrogen and oxygen atoms in total. The van der Waals surface area contributed by atoms with E-state index in [1.807, 2.05) is 65.6 Å². The molecule has 236 valence electrons. The predicted molar refractivity (Wildman–Crippen MR) is 173 cm³/mol. The van der Waals surface area contributed by atoms with Crippen LogP contribution in [0.15, 0.2) is 103 Å². The molecule has 8 heteroatoms. The minimum absolute atomic E-state index is 0.00252. The maximum Gasteiger partial charge on any atom is 0.417 e. The van der Waals surface area contributed by atoms with Gasteiger partial charge in [0.1, 0.15) is 5.75 Å². The Labute approximate surface area is 268 Å². The highest BCUT2D eigenvalue weighted by Gasteiger charge is 2.34. The first-order chi connectivity index (χ1) is 21.8. The number of carbonyl (C=O) groups excluding carboxylic acids is 1. The van der Waals surface area contributed by atoms with Crippen LogP contribution in [-0.4, -0.2) is 48.5 Å². The number of rotatable bonds is 13. The average molecular weight is 635 g/mol. The van der Waals surface area contributed by atoms with E-state index in [4.69, 9.17) is 16.3 Å². The van der Waals surface area contributed by atoms with Gasteiger partial charge in [0.05, 0.1) is 23.6 Å². The van der Waals surface area contributed by atoms with Crippen LogP contribution in [0, 0.1) is 0 Å². The molecular formula is C37H38ClF3N2O2. The Bertz CT molecular complexity index is 1490. The third-order valence-electron chi connectivity index (χ3n) is 8.22. The Kier molecular flexibility index (Phi) is 11.2. The zero-order chi connectivity index (χ0) is 31.6. The molecule has 0 radical (unpaired) electrons. The summed E-state index contributed by atoms with van der Waals surface area (Å²) in [7, 11) is 0. The summed E-state index contributed by atoms with van der Waals surface area (Å²) < 4.78 is 47.1. The lowest BCUT2D eigenvalue weighted by Gasteiger charge is -2.29. The summed E-state index contributed by atoms with van der Waals surface area (Å²) in [6, 6.07) is 32.0. The van der Waals surface area contributed by atoms with Crippen LogP contribution >= 0.6 is 11.6 Å². The highest BCUT2D eigenvalue weighted by atomic mass is 35.5. The molecule has 0 N–H and O–H groups in total. The smallest absolute Gasteiger partial charge is 0.417 e. The number of amides is 1. The number of hydrogen-bond donors (Lipinski definition) is 0. The molecule has 1 heterocycles. The number of likely N-dealkylation sites (tertiary alicyclic amines) is 1. The summed E-state index contributed by atoms with van der Waals surface area (Å²) in [5.41, 5.74) is 2.78. The molecule has 0 atom stereocenters. The summed E-state index contributed by atoms with van der Waals surface area (Å²) in [4.78, 5) is 16.7. The van der Waals surface area contributed by atoms with Gasteiger partial charge >= 0.3 is 6.18 Å². The molecule has 0 spiro atoms. The van der Waals surface area contributed by atoms with Crippen LogP contribution in [0.1, 0.15) is 53.0 Å². The highest BCUT2D eigenvalue weighted by Crippen LogP contribution is 2.37. The average Bonchev–Trinajstić information content (AvgIpc) is 3.59. The maximum atomic E-state index is 13.7. The summed E-state index contributed by atoms with van der Waals surface area (Å²) in [6.45, 7) is 3.48. The fourth-order valence-corrected chi connectivity index (χ4v) is 6.20. The molecule has 1 aliphatic heterocycles. The molecule has 0 aromatic heterocycles. The lowest BCUT2D eigenvalue weighted by atomic mass is 9.90. The second-order valence-corrected chi connectivity index (χ2v) is 11.9. The molecule has 4 aromatic rings. The second-order valence-electron chi connectivity index (χ2n) is 11.5. The number of alkyl halides is 3. The van der Waals surface area contributed by atoms with Gasteiger partial charge in [-0.05, 0) is 59.7 Å². The molecule has 4 aromatic carbocycles. The maximum absolute atomic E-state index is 13.7. The molecular weight excluding hydrogens is 597 g/mol. The van der Waals surface area contributed by atoms with E-state index >= 15 is 0 Å². The van der Waals surface area contributed by atoms with E-state index in [-0.39, 0.29) is 23.4 Å². The Morgan fingerprint density at radius 2 is 1.51 bits per heavy atom. The zero-order valence-electron chi connectivity index (χ0n) is 25.2. The molecule has 0 aliphatic carbocycles. The van der Waals surface area contributed by atoms with Crippen LogP contribution in [0.3, 0.4) is 0 Å². The predicted octanol–water partition coefficient (Wildman–Crippen LogP) is 8.63. The molecule has 1 fully saturated rings. The summed E-state index contributed by atoms with van der Waals surface area (Å²) in [6.07, 6.45) is -1.42. The van der Waals surface area contributed by atoms with Crippen molar-refractivity contribution in [3.8, 4) is 5.75 Å². The Balaban J connectivity index is 1.30. The first kappa shape index (κ1) is 32.6. The number of benzene rings is 4. The van der Waals surface area contributed by atoms with Crippen LogP contribution in [0.2, 0.25) is 5.02 Å². The summed E-state index contributed by atoms with van der Waals surface area (Å²) in [5, 5.41) is -0.262. The van der Waals surface area contributed by atoms with Crippen molar-refractivity contribution < 1.29 is 22.7 Å². The fourth-order valence-electron chi connectivity index (χ4n) is 5.91. The van der Waals surface area contributed by atoms with Gasteiger partial charge in [0.15, 0.2) is 0 Å². The normalized spacial score (nSPS) is 13.5. The van der Waals surface area contributed by atoms with Crippen molar-refractivity contribution in [2.45, 2.75) is 44.3 Å². The van der Waals surface area contributed by atoms with Gasteiger partial charge in [-0.3, -0.25) is 9.69 Å². The van der Waals surface area contributed by atoms with Crippen LogP contribution in [0.5, 0.6) is 5.75 Å².